The van der Waals surface area contributed by atoms with Gasteiger partial charge in [-0.25, -0.2) is 0 Å². The molecule has 0 spiro atoms. The molecule has 1 fully saturated rings. The van der Waals surface area contributed by atoms with Crippen molar-refractivity contribution < 1.29 is 14.0 Å². The highest BCUT2D eigenvalue weighted by atomic mass is 16.7. The molecule has 0 N–H and O–H groups in total. The van der Waals surface area contributed by atoms with Gasteiger partial charge in [0.2, 0.25) is 0 Å². The Morgan fingerprint density at radius 1 is 0.460 bits per heavy atom. The normalized spacial score (nSPS) is 16.9. The van der Waals surface area contributed by atoms with Gasteiger partial charge in [0.25, 0.3) is 0 Å². The zero-order chi connectivity index (χ0) is 35.1. The van der Waals surface area contributed by atoms with Gasteiger partial charge in [0.1, 0.15) is 11.5 Å². The van der Waals surface area contributed by atoms with Crippen molar-refractivity contribution >= 4 is 55.7 Å². The van der Waals surface area contributed by atoms with Crippen LogP contribution >= 0.6 is 0 Å². The standard InChI is InChI=1S/C46H45BO3/c1-43(2,3)35-24-34(26-22-23-39-40-28(26)15-13-16-29(40)27-14-11-12-17-38(27)48-39)30-18-19-32-36(44(4,5)6)25-37(33-21-20-31(35)41(30)42(32)33)47-49-45(7,8)46(9,10)50-47/h11-25H,1-10H3. The summed E-state index contributed by atoms with van der Waals surface area (Å²) in [6, 6.07) is 33.7. The Morgan fingerprint density at radius 2 is 1.02 bits per heavy atom. The van der Waals surface area contributed by atoms with Crippen LogP contribution in [-0.2, 0) is 20.1 Å². The molecule has 1 saturated heterocycles. The molecule has 7 aromatic rings. The molecule has 0 atom stereocenters. The number of para-hydroxylation sites is 1. The first-order valence-corrected chi connectivity index (χ1v) is 18.0. The molecule has 2 heterocycles. The smallest absolute Gasteiger partial charge is 0.456 e. The first kappa shape index (κ1) is 31.6. The minimum absolute atomic E-state index is 0.0904. The van der Waals surface area contributed by atoms with Gasteiger partial charge < -0.3 is 14.0 Å². The Labute approximate surface area is 296 Å². The van der Waals surface area contributed by atoms with Crippen LogP contribution in [0, 0.1) is 0 Å². The Bertz CT molecular complexity index is 2530. The first-order valence-electron chi connectivity index (χ1n) is 18.0. The van der Waals surface area contributed by atoms with Gasteiger partial charge in [-0.3, -0.25) is 0 Å². The molecule has 4 heteroatoms. The van der Waals surface area contributed by atoms with E-state index in [4.69, 9.17) is 14.0 Å². The first-order chi connectivity index (χ1) is 23.5. The predicted molar refractivity (Wildman–Crippen MR) is 212 cm³/mol. The van der Waals surface area contributed by atoms with Crippen molar-refractivity contribution in [3.8, 4) is 33.8 Å². The van der Waals surface area contributed by atoms with E-state index in [0.29, 0.717) is 0 Å². The van der Waals surface area contributed by atoms with E-state index in [2.05, 4.69) is 154 Å². The SMILES string of the molecule is CC(C)(C)c1cc(B2OC(C)(C)C(C)(C)O2)c2ccc3c(C(C)(C)C)cc(-c4ccc5c6c(cccc46)-c4ccccc4O5)c4ccc1c2c43. The molecular formula is C46H45BO3. The number of hydrogen-bond acceptors (Lipinski definition) is 3. The van der Waals surface area contributed by atoms with E-state index >= 15 is 0 Å². The highest BCUT2D eigenvalue weighted by Crippen LogP contribution is 2.51. The van der Waals surface area contributed by atoms with E-state index in [9.17, 15) is 0 Å². The van der Waals surface area contributed by atoms with E-state index in [1.165, 1.54) is 70.9 Å². The van der Waals surface area contributed by atoms with Crippen LogP contribution in [0.3, 0.4) is 0 Å². The van der Waals surface area contributed by atoms with Gasteiger partial charge in [0, 0.05) is 10.9 Å². The van der Waals surface area contributed by atoms with Crippen molar-refractivity contribution in [3.05, 3.63) is 102 Å². The summed E-state index contributed by atoms with van der Waals surface area (Å²) in [7, 11) is -0.462. The van der Waals surface area contributed by atoms with Gasteiger partial charge in [-0.1, -0.05) is 114 Å². The van der Waals surface area contributed by atoms with Crippen LogP contribution in [-0.4, -0.2) is 18.3 Å². The van der Waals surface area contributed by atoms with E-state index in [1.807, 2.05) is 6.07 Å². The molecular weight excluding hydrogens is 611 g/mol. The zero-order valence-electron chi connectivity index (χ0n) is 31.0. The molecule has 0 unspecified atom stereocenters. The highest BCUT2D eigenvalue weighted by molar-refractivity contribution is 6.66. The second-order valence-electron chi connectivity index (χ2n) is 17.6. The predicted octanol–water partition coefficient (Wildman–Crippen LogP) is 12.1. The molecule has 250 valence electrons. The van der Waals surface area contributed by atoms with Crippen LogP contribution < -0.4 is 10.2 Å². The maximum Gasteiger partial charge on any atom is 0.495 e. The molecule has 0 bridgehead atoms. The molecule has 2 aliphatic rings. The zero-order valence-corrected chi connectivity index (χ0v) is 31.0. The Kier molecular flexibility index (Phi) is 6.39. The fourth-order valence-corrected chi connectivity index (χ4v) is 8.46. The average Bonchev–Trinajstić information content (AvgIpc) is 3.28. The third-order valence-electron chi connectivity index (χ3n) is 11.7. The van der Waals surface area contributed by atoms with Crippen molar-refractivity contribution in [2.45, 2.75) is 91.3 Å². The fraction of sp³-hybridized carbons (Fsp3) is 0.304. The fourth-order valence-electron chi connectivity index (χ4n) is 8.46. The molecule has 0 amide bonds. The van der Waals surface area contributed by atoms with E-state index in [0.717, 1.165) is 22.5 Å². The lowest BCUT2D eigenvalue weighted by atomic mass is 9.69. The average molecular weight is 657 g/mol. The summed E-state index contributed by atoms with van der Waals surface area (Å²) in [6.45, 7) is 22.5. The van der Waals surface area contributed by atoms with Crippen LogP contribution in [0.5, 0.6) is 11.5 Å². The second-order valence-corrected chi connectivity index (χ2v) is 17.6. The molecule has 0 aromatic heterocycles. The maximum atomic E-state index is 6.76. The molecule has 0 radical (unpaired) electrons. The number of benzene rings is 7. The highest BCUT2D eigenvalue weighted by Gasteiger charge is 2.52. The molecule has 50 heavy (non-hydrogen) atoms. The molecule has 3 nitrogen and oxygen atoms in total. The molecule has 7 aromatic carbocycles. The van der Waals surface area contributed by atoms with Crippen LogP contribution in [0.2, 0.25) is 0 Å². The third kappa shape index (κ3) is 4.37. The quantitative estimate of drug-likeness (QED) is 0.137. The summed E-state index contributed by atoms with van der Waals surface area (Å²) < 4.78 is 20.0. The Balaban J connectivity index is 1.41. The van der Waals surface area contributed by atoms with Gasteiger partial charge >= 0.3 is 7.12 Å². The monoisotopic (exact) mass is 656 g/mol. The van der Waals surface area contributed by atoms with Crippen LogP contribution in [0.15, 0.2) is 91.0 Å². The van der Waals surface area contributed by atoms with E-state index < -0.39 is 18.3 Å². The number of rotatable bonds is 2. The van der Waals surface area contributed by atoms with Gasteiger partial charge in [0.15, 0.2) is 0 Å². The van der Waals surface area contributed by atoms with Crippen molar-refractivity contribution in [1.29, 1.82) is 0 Å². The van der Waals surface area contributed by atoms with Crippen LogP contribution in [0.1, 0.15) is 80.4 Å². The molecule has 0 aliphatic carbocycles. The summed E-state index contributed by atoms with van der Waals surface area (Å²) in [4.78, 5) is 0. The summed E-state index contributed by atoms with van der Waals surface area (Å²) in [5, 5.41) is 10.0. The lowest BCUT2D eigenvalue weighted by molar-refractivity contribution is 0.00578. The Morgan fingerprint density at radius 3 is 1.70 bits per heavy atom. The number of fused-ring (bicyclic) bond motifs is 2. The van der Waals surface area contributed by atoms with Crippen molar-refractivity contribution in [3.63, 3.8) is 0 Å². The maximum absolute atomic E-state index is 6.76. The summed E-state index contributed by atoms with van der Waals surface area (Å²) in [6.07, 6.45) is 0. The lowest BCUT2D eigenvalue weighted by Crippen LogP contribution is -2.41. The number of ether oxygens (including phenoxy) is 1. The number of hydrogen-bond donors (Lipinski definition) is 0. The molecule has 0 saturated carbocycles. The topological polar surface area (TPSA) is 27.7 Å². The van der Waals surface area contributed by atoms with Gasteiger partial charge in [0.05, 0.1) is 11.2 Å². The summed E-state index contributed by atoms with van der Waals surface area (Å²) in [5.41, 5.74) is 7.53. The van der Waals surface area contributed by atoms with E-state index in [1.54, 1.807) is 0 Å². The van der Waals surface area contributed by atoms with Crippen LogP contribution in [0.4, 0.5) is 0 Å². The third-order valence-corrected chi connectivity index (χ3v) is 11.7. The summed E-state index contributed by atoms with van der Waals surface area (Å²) >= 11 is 0. The lowest BCUT2D eigenvalue weighted by Gasteiger charge is -2.32. The van der Waals surface area contributed by atoms with Crippen molar-refractivity contribution in [1.82, 2.24) is 0 Å². The van der Waals surface area contributed by atoms with Gasteiger partial charge in [-0.15, -0.1) is 0 Å². The van der Waals surface area contributed by atoms with E-state index in [-0.39, 0.29) is 10.8 Å². The second kappa shape index (κ2) is 10.1. The largest absolute Gasteiger partial charge is 0.495 e. The van der Waals surface area contributed by atoms with Crippen molar-refractivity contribution in [2.75, 3.05) is 0 Å². The van der Waals surface area contributed by atoms with Gasteiger partial charge in [-0.2, -0.15) is 0 Å². The molecule has 2 aliphatic heterocycles. The van der Waals surface area contributed by atoms with Crippen molar-refractivity contribution in [2.24, 2.45) is 0 Å². The summed E-state index contributed by atoms with van der Waals surface area (Å²) in [5.74, 6) is 1.82. The van der Waals surface area contributed by atoms with Crippen LogP contribution in [0.25, 0.3) is 65.3 Å². The Hall–Kier alpha value is -4.38. The minimum Gasteiger partial charge on any atom is -0.456 e. The minimum atomic E-state index is -0.462. The van der Waals surface area contributed by atoms with Gasteiger partial charge in [-0.05, 0) is 128 Å². The molecule has 9 rings (SSSR count).